The number of carbonyl (C=O) groups is 1. The Hall–Kier alpha value is -3.16. The molecule has 0 bridgehead atoms. The average molecular weight is 375 g/mol. The Morgan fingerprint density at radius 1 is 1.26 bits per heavy atom. The number of aromatic amines is 1. The number of aromatic nitrogens is 1. The van der Waals surface area contributed by atoms with Crippen molar-refractivity contribution in [3.63, 3.8) is 0 Å². The summed E-state index contributed by atoms with van der Waals surface area (Å²) in [6, 6.07) is 4.79. The SMILES string of the molecule is COC(=O)CC(c1cc(OC)c2c(c1)OCCO2)c1c(O)cc(C)[nH]c1=O. The molecule has 8 heteroatoms. The summed E-state index contributed by atoms with van der Waals surface area (Å²) >= 11 is 0. The van der Waals surface area contributed by atoms with Gasteiger partial charge in [-0.05, 0) is 30.7 Å². The maximum absolute atomic E-state index is 12.5. The molecule has 1 aliphatic rings. The normalized spacial score (nSPS) is 13.7. The quantitative estimate of drug-likeness (QED) is 0.768. The molecule has 0 aliphatic carbocycles. The highest BCUT2D eigenvalue weighted by molar-refractivity contribution is 5.72. The molecule has 0 saturated carbocycles. The summed E-state index contributed by atoms with van der Waals surface area (Å²) in [7, 11) is 2.76. The number of ether oxygens (including phenoxy) is 4. The number of nitrogens with one attached hydrogen (secondary N) is 1. The van der Waals surface area contributed by atoms with Crippen molar-refractivity contribution in [3.05, 3.63) is 45.4 Å². The number of esters is 1. The van der Waals surface area contributed by atoms with Crippen LogP contribution in [0.5, 0.6) is 23.0 Å². The lowest BCUT2D eigenvalue weighted by molar-refractivity contribution is -0.140. The molecule has 2 aromatic rings. The zero-order valence-electron chi connectivity index (χ0n) is 15.3. The van der Waals surface area contributed by atoms with Gasteiger partial charge in [0, 0.05) is 11.6 Å². The average Bonchev–Trinajstić information content (AvgIpc) is 2.65. The third-order valence-electron chi connectivity index (χ3n) is 4.38. The number of fused-ring (bicyclic) bond motifs is 1. The van der Waals surface area contributed by atoms with Crippen LogP contribution in [-0.4, -0.2) is 43.5 Å². The number of pyridine rings is 1. The smallest absolute Gasteiger partial charge is 0.306 e. The third kappa shape index (κ3) is 3.69. The van der Waals surface area contributed by atoms with E-state index < -0.39 is 17.4 Å². The second kappa shape index (κ2) is 7.61. The lowest BCUT2D eigenvalue weighted by Gasteiger charge is -2.24. The van der Waals surface area contributed by atoms with Gasteiger partial charge in [-0.15, -0.1) is 0 Å². The lowest BCUT2D eigenvalue weighted by Crippen LogP contribution is -2.21. The van der Waals surface area contributed by atoms with Crippen molar-refractivity contribution >= 4 is 5.97 Å². The summed E-state index contributed by atoms with van der Waals surface area (Å²) in [5, 5.41) is 10.4. The van der Waals surface area contributed by atoms with Gasteiger partial charge in [0.05, 0.1) is 26.2 Å². The highest BCUT2D eigenvalue weighted by Gasteiger charge is 2.28. The van der Waals surface area contributed by atoms with E-state index >= 15 is 0 Å². The molecule has 0 saturated heterocycles. The Morgan fingerprint density at radius 3 is 2.67 bits per heavy atom. The molecule has 3 rings (SSSR count). The molecule has 2 N–H and O–H groups in total. The minimum Gasteiger partial charge on any atom is -0.507 e. The Labute approximate surface area is 155 Å². The van der Waals surface area contributed by atoms with Gasteiger partial charge in [0.15, 0.2) is 11.5 Å². The van der Waals surface area contributed by atoms with Gasteiger partial charge in [-0.1, -0.05) is 0 Å². The highest BCUT2D eigenvalue weighted by Crippen LogP contribution is 2.44. The van der Waals surface area contributed by atoms with Crippen molar-refractivity contribution in [3.8, 4) is 23.0 Å². The molecule has 1 aromatic heterocycles. The van der Waals surface area contributed by atoms with Gasteiger partial charge in [-0.2, -0.15) is 0 Å². The van der Waals surface area contributed by atoms with E-state index in [2.05, 4.69) is 4.98 Å². The molecule has 1 unspecified atom stereocenters. The van der Waals surface area contributed by atoms with Crippen LogP contribution in [0.4, 0.5) is 0 Å². The first kappa shape index (κ1) is 18.6. The van der Waals surface area contributed by atoms with Crippen molar-refractivity contribution < 1.29 is 28.8 Å². The molecule has 2 heterocycles. The van der Waals surface area contributed by atoms with Crippen LogP contribution in [0, 0.1) is 6.92 Å². The molecule has 1 aromatic carbocycles. The summed E-state index contributed by atoms with van der Waals surface area (Å²) in [5.41, 5.74) is 0.670. The number of aryl methyl sites for hydroxylation is 1. The van der Waals surface area contributed by atoms with Crippen LogP contribution in [0.15, 0.2) is 23.0 Å². The lowest BCUT2D eigenvalue weighted by atomic mass is 9.88. The first-order chi connectivity index (χ1) is 12.9. The molecule has 0 fully saturated rings. The van der Waals surface area contributed by atoms with E-state index in [-0.39, 0.29) is 17.7 Å². The second-order valence-electron chi connectivity index (χ2n) is 6.16. The van der Waals surface area contributed by atoms with Crippen LogP contribution in [0.25, 0.3) is 0 Å². The summed E-state index contributed by atoms with van der Waals surface area (Å²) in [6.45, 7) is 2.43. The Morgan fingerprint density at radius 2 is 2.00 bits per heavy atom. The number of rotatable bonds is 5. The fourth-order valence-electron chi connectivity index (χ4n) is 3.15. The Kier molecular flexibility index (Phi) is 5.25. The first-order valence-electron chi connectivity index (χ1n) is 8.41. The number of hydrogen-bond acceptors (Lipinski definition) is 7. The summed E-state index contributed by atoms with van der Waals surface area (Å²) in [6.07, 6.45) is -0.140. The summed E-state index contributed by atoms with van der Waals surface area (Å²) < 4.78 is 21.4. The summed E-state index contributed by atoms with van der Waals surface area (Å²) in [4.78, 5) is 27.2. The van der Waals surface area contributed by atoms with Crippen molar-refractivity contribution in [2.45, 2.75) is 19.3 Å². The maximum Gasteiger partial charge on any atom is 0.306 e. The molecule has 0 spiro atoms. The van der Waals surface area contributed by atoms with Gasteiger partial charge in [0.2, 0.25) is 5.75 Å². The van der Waals surface area contributed by atoms with Crippen molar-refractivity contribution in [2.75, 3.05) is 27.4 Å². The van der Waals surface area contributed by atoms with E-state index in [1.807, 2.05) is 0 Å². The van der Waals surface area contributed by atoms with Crippen LogP contribution in [0.3, 0.4) is 0 Å². The molecule has 0 radical (unpaired) electrons. The highest BCUT2D eigenvalue weighted by atomic mass is 16.6. The van der Waals surface area contributed by atoms with Gasteiger partial charge in [0.25, 0.3) is 5.56 Å². The molecule has 8 nitrogen and oxygen atoms in total. The number of carbonyl (C=O) groups excluding carboxylic acids is 1. The topological polar surface area (TPSA) is 107 Å². The predicted molar refractivity (Wildman–Crippen MR) is 95.9 cm³/mol. The maximum atomic E-state index is 12.5. The minimum absolute atomic E-state index is 0.0738. The fourth-order valence-corrected chi connectivity index (χ4v) is 3.15. The fraction of sp³-hybridized carbons (Fsp3) is 0.368. The standard InChI is InChI=1S/C19H21NO7/c1-10-6-13(21)17(19(23)20-10)12(9-16(22)25-3)11-7-14(24-2)18-15(8-11)26-4-5-27-18/h6-8,12H,4-5,9H2,1-3H3,(H2,20,21,23). The van der Waals surface area contributed by atoms with Crippen LogP contribution < -0.4 is 19.8 Å². The Bertz CT molecular complexity index is 902. The molecule has 27 heavy (non-hydrogen) atoms. The van der Waals surface area contributed by atoms with Gasteiger partial charge >= 0.3 is 5.97 Å². The van der Waals surface area contributed by atoms with Gasteiger partial charge in [-0.25, -0.2) is 0 Å². The van der Waals surface area contributed by atoms with Crippen molar-refractivity contribution in [1.29, 1.82) is 0 Å². The molecule has 144 valence electrons. The number of hydrogen-bond donors (Lipinski definition) is 2. The largest absolute Gasteiger partial charge is 0.507 e. The first-order valence-corrected chi connectivity index (χ1v) is 8.41. The van der Waals surface area contributed by atoms with Crippen LogP contribution in [0.1, 0.15) is 29.2 Å². The zero-order valence-corrected chi connectivity index (χ0v) is 15.3. The number of benzene rings is 1. The van der Waals surface area contributed by atoms with Gasteiger partial charge in [0.1, 0.15) is 19.0 Å². The van der Waals surface area contributed by atoms with E-state index in [4.69, 9.17) is 18.9 Å². The van der Waals surface area contributed by atoms with E-state index in [0.29, 0.717) is 41.7 Å². The zero-order chi connectivity index (χ0) is 19.6. The van der Waals surface area contributed by atoms with Gasteiger partial charge < -0.3 is 29.0 Å². The number of methoxy groups -OCH3 is 2. The number of aromatic hydroxyl groups is 1. The second-order valence-corrected chi connectivity index (χ2v) is 6.16. The third-order valence-corrected chi connectivity index (χ3v) is 4.38. The van der Waals surface area contributed by atoms with Gasteiger partial charge in [-0.3, -0.25) is 9.59 Å². The van der Waals surface area contributed by atoms with E-state index in [0.717, 1.165) is 0 Å². The molecule has 0 amide bonds. The van der Waals surface area contributed by atoms with Crippen molar-refractivity contribution in [2.24, 2.45) is 0 Å². The molecule has 1 atom stereocenters. The summed E-state index contributed by atoms with van der Waals surface area (Å²) in [5.74, 6) is -0.140. The predicted octanol–water partition coefficient (Wildman–Crippen LogP) is 1.86. The van der Waals surface area contributed by atoms with Crippen molar-refractivity contribution in [1.82, 2.24) is 4.98 Å². The monoisotopic (exact) mass is 375 g/mol. The van der Waals surface area contributed by atoms with E-state index in [1.54, 1.807) is 19.1 Å². The van der Waals surface area contributed by atoms with E-state index in [9.17, 15) is 14.7 Å². The number of H-pyrrole nitrogens is 1. The minimum atomic E-state index is -0.758. The van der Waals surface area contributed by atoms with Crippen LogP contribution >= 0.6 is 0 Å². The Balaban J connectivity index is 2.18. The van der Waals surface area contributed by atoms with Crippen LogP contribution in [-0.2, 0) is 9.53 Å². The van der Waals surface area contributed by atoms with E-state index in [1.165, 1.54) is 20.3 Å². The molecular weight excluding hydrogens is 354 g/mol. The van der Waals surface area contributed by atoms with Crippen LogP contribution in [0.2, 0.25) is 0 Å². The molecular formula is C19H21NO7. The molecule has 1 aliphatic heterocycles.